The molecule has 0 aliphatic heterocycles. The Labute approximate surface area is 150 Å². The summed E-state index contributed by atoms with van der Waals surface area (Å²) in [7, 11) is 0. The van der Waals surface area contributed by atoms with Crippen molar-refractivity contribution in [2.24, 2.45) is 5.73 Å². The zero-order valence-electron chi connectivity index (χ0n) is 11.6. The van der Waals surface area contributed by atoms with Gasteiger partial charge >= 0.3 is 0 Å². The summed E-state index contributed by atoms with van der Waals surface area (Å²) in [5.74, 6) is 0.850. The Morgan fingerprint density at radius 3 is 2.43 bits per heavy atom. The van der Waals surface area contributed by atoms with Gasteiger partial charge in [-0.1, -0.05) is 50.9 Å². The van der Waals surface area contributed by atoms with E-state index in [4.69, 9.17) is 10.5 Å². The molecule has 21 heavy (non-hydrogen) atoms. The molecule has 0 aliphatic rings. The number of nitrogens with two attached hydrogens (primary N) is 1. The van der Waals surface area contributed by atoms with Crippen LogP contribution < -0.4 is 10.5 Å². The molecule has 112 valence electrons. The van der Waals surface area contributed by atoms with Gasteiger partial charge in [0.2, 0.25) is 0 Å². The molecular formula is C16H16Br3NO. The van der Waals surface area contributed by atoms with Gasteiger partial charge in [0.25, 0.3) is 0 Å². The minimum Gasteiger partial charge on any atom is -0.492 e. The van der Waals surface area contributed by atoms with Gasteiger partial charge in [0.05, 0.1) is 17.1 Å². The molecule has 0 heterocycles. The highest BCUT2D eigenvalue weighted by Crippen LogP contribution is 2.33. The van der Waals surface area contributed by atoms with Gasteiger partial charge in [-0.15, -0.1) is 0 Å². The topological polar surface area (TPSA) is 35.2 Å². The van der Waals surface area contributed by atoms with Crippen molar-refractivity contribution in [2.75, 3.05) is 6.61 Å². The number of ether oxygens (including phenoxy) is 1. The van der Waals surface area contributed by atoms with Crippen LogP contribution in [0.2, 0.25) is 0 Å². The lowest BCUT2D eigenvalue weighted by molar-refractivity contribution is 0.315. The van der Waals surface area contributed by atoms with Crippen LogP contribution in [0.15, 0.2) is 49.8 Å². The highest BCUT2D eigenvalue weighted by molar-refractivity contribution is 9.11. The largest absolute Gasteiger partial charge is 0.492 e. The van der Waals surface area contributed by atoms with E-state index in [2.05, 4.69) is 54.7 Å². The second kappa shape index (κ2) is 7.77. The summed E-state index contributed by atoms with van der Waals surface area (Å²) in [6.45, 7) is 2.80. The molecule has 0 aliphatic carbocycles. The molecule has 0 aromatic heterocycles. The second-order valence-corrected chi connectivity index (χ2v) is 7.31. The Hall–Kier alpha value is -0.360. The van der Waals surface area contributed by atoms with Gasteiger partial charge in [0, 0.05) is 8.95 Å². The summed E-state index contributed by atoms with van der Waals surface area (Å²) < 4.78 is 8.61. The van der Waals surface area contributed by atoms with Gasteiger partial charge < -0.3 is 10.5 Å². The van der Waals surface area contributed by atoms with Gasteiger partial charge in [-0.05, 0) is 57.7 Å². The molecule has 2 rings (SSSR count). The Kier molecular flexibility index (Phi) is 6.29. The molecule has 0 saturated heterocycles. The standard InChI is InChI=1S/C16H16Br3NO/c1-2-7-21-15-6-3-10(8-14(15)19)16(20)12-5-4-11(17)9-13(12)18/h3-6,8-9,16H,2,7,20H2,1H3. The lowest BCUT2D eigenvalue weighted by Gasteiger charge is -2.16. The highest BCUT2D eigenvalue weighted by Gasteiger charge is 2.14. The summed E-state index contributed by atoms with van der Waals surface area (Å²) >= 11 is 10.6. The summed E-state index contributed by atoms with van der Waals surface area (Å²) in [5.41, 5.74) is 8.46. The van der Waals surface area contributed by atoms with Crippen molar-refractivity contribution in [3.05, 3.63) is 60.9 Å². The molecule has 1 unspecified atom stereocenters. The van der Waals surface area contributed by atoms with Crippen molar-refractivity contribution in [1.82, 2.24) is 0 Å². The maximum absolute atomic E-state index is 6.38. The molecule has 2 aromatic carbocycles. The van der Waals surface area contributed by atoms with E-state index in [0.29, 0.717) is 6.61 Å². The molecule has 1 atom stereocenters. The van der Waals surface area contributed by atoms with Crippen LogP contribution in [0.4, 0.5) is 0 Å². The molecule has 0 saturated carbocycles. The van der Waals surface area contributed by atoms with Crippen molar-refractivity contribution in [3.63, 3.8) is 0 Å². The molecule has 2 N–H and O–H groups in total. The fraction of sp³-hybridized carbons (Fsp3) is 0.250. The van der Waals surface area contributed by atoms with Gasteiger partial charge in [-0.25, -0.2) is 0 Å². The van der Waals surface area contributed by atoms with Crippen molar-refractivity contribution < 1.29 is 4.74 Å². The van der Waals surface area contributed by atoms with Crippen molar-refractivity contribution in [2.45, 2.75) is 19.4 Å². The first-order valence-electron chi connectivity index (χ1n) is 6.65. The van der Waals surface area contributed by atoms with E-state index in [1.165, 1.54) is 0 Å². The summed E-state index contributed by atoms with van der Waals surface area (Å²) in [5, 5.41) is 0. The van der Waals surface area contributed by atoms with Crippen LogP contribution in [0.3, 0.4) is 0 Å². The lowest BCUT2D eigenvalue weighted by atomic mass is 10.00. The van der Waals surface area contributed by atoms with Crippen molar-refractivity contribution >= 4 is 47.8 Å². The van der Waals surface area contributed by atoms with Crippen molar-refractivity contribution in [3.8, 4) is 5.75 Å². The highest BCUT2D eigenvalue weighted by atomic mass is 79.9. The molecule has 2 nitrogen and oxygen atoms in total. The summed E-state index contributed by atoms with van der Waals surface area (Å²) in [6, 6.07) is 11.8. The number of hydrogen-bond acceptors (Lipinski definition) is 2. The average Bonchev–Trinajstić information content (AvgIpc) is 2.45. The monoisotopic (exact) mass is 475 g/mol. The first-order valence-corrected chi connectivity index (χ1v) is 9.03. The molecule has 0 fully saturated rings. The first kappa shape index (κ1) is 17.0. The molecule has 0 radical (unpaired) electrons. The van der Waals surface area contributed by atoms with Crippen LogP contribution >= 0.6 is 47.8 Å². The maximum atomic E-state index is 6.38. The predicted molar refractivity (Wildman–Crippen MR) is 97.8 cm³/mol. The van der Waals surface area contributed by atoms with Crippen LogP contribution in [0.5, 0.6) is 5.75 Å². The zero-order chi connectivity index (χ0) is 15.4. The van der Waals surface area contributed by atoms with Crippen LogP contribution in [0.1, 0.15) is 30.5 Å². The van der Waals surface area contributed by atoms with E-state index < -0.39 is 0 Å². The number of benzene rings is 2. The summed E-state index contributed by atoms with van der Waals surface area (Å²) in [6.07, 6.45) is 0.986. The van der Waals surface area contributed by atoms with Crippen LogP contribution in [0, 0.1) is 0 Å². The number of rotatable bonds is 5. The summed E-state index contributed by atoms with van der Waals surface area (Å²) in [4.78, 5) is 0. The molecule has 0 bridgehead atoms. The third kappa shape index (κ3) is 4.31. The van der Waals surface area contributed by atoms with E-state index in [9.17, 15) is 0 Å². The van der Waals surface area contributed by atoms with Gasteiger partial charge in [-0.3, -0.25) is 0 Å². The van der Waals surface area contributed by atoms with Gasteiger partial charge in [-0.2, -0.15) is 0 Å². The normalized spacial score (nSPS) is 12.2. The van der Waals surface area contributed by atoms with E-state index in [1.807, 2.05) is 36.4 Å². The number of halogens is 3. The van der Waals surface area contributed by atoms with E-state index in [0.717, 1.165) is 36.7 Å². The van der Waals surface area contributed by atoms with Crippen LogP contribution in [-0.2, 0) is 0 Å². The van der Waals surface area contributed by atoms with E-state index in [-0.39, 0.29) is 6.04 Å². The molecule has 5 heteroatoms. The molecule has 0 spiro atoms. The van der Waals surface area contributed by atoms with Gasteiger partial charge in [0.15, 0.2) is 0 Å². The molecular weight excluding hydrogens is 462 g/mol. The Morgan fingerprint density at radius 2 is 1.81 bits per heavy atom. The third-order valence-electron chi connectivity index (χ3n) is 3.07. The average molecular weight is 478 g/mol. The fourth-order valence-electron chi connectivity index (χ4n) is 1.97. The molecule has 0 amide bonds. The van der Waals surface area contributed by atoms with E-state index >= 15 is 0 Å². The Balaban J connectivity index is 2.27. The lowest BCUT2D eigenvalue weighted by Crippen LogP contribution is -2.12. The quantitative estimate of drug-likeness (QED) is 0.589. The van der Waals surface area contributed by atoms with Gasteiger partial charge in [0.1, 0.15) is 5.75 Å². The Bertz CT molecular complexity index is 631. The van der Waals surface area contributed by atoms with E-state index in [1.54, 1.807) is 0 Å². The van der Waals surface area contributed by atoms with Crippen LogP contribution in [-0.4, -0.2) is 6.61 Å². The number of hydrogen-bond donors (Lipinski definition) is 1. The maximum Gasteiger partial charge on any atom is 0.133 e. The van der Waals surface area contributed by atoms with Crippen LogP contribution in [0.25, 0.3) is 0 Å². The molecule has 2 aromatic rings. The minimum absolute atomic E-state index is 0.191. The smallest absolute Gasteiger partial charge is 0.133 e. The SMILES string of the molecule is CCCOc1ccc(C(N)c2ccc(Br)cc2Br)cc1Br. The van der Waals surface area contributed by atoms with Crippen molar-refractivity contribution in [1.29, 1.82) is 0 Å². The predicted octanol–water partition coefficient (Wildman–Crippen LogP) is 5.81. The zero-order valence-corrected chi connectivity index (χ0v) is 16.3. The second-order valence-electron chi connectivity index (χ2n) is 4.68. The third-order valence-corrected chi connectivity index (χ3v) is 4.87. The fourth-order valence-corrected chi connectivity index (χ4v) is 3.78. The minimum atomic E-state index is -0.191. The first-order chi connectivity index (χ1) is 10.0. The Morgan fingerprint density at radius 1 is 1.05 bits per heavy atom.